The molecule has 1 aliphatic carbocycles. The molecule has 1 aromatic heterocycles. The maximum atomic E-state index is 12.2. The maximum absolute atomic E-state index is 12.2. The Morgan fingerprint density at radius 1 is 1.53 bits per heavy atom. The third-order valence-electron chi connectivity index (χ3n) is 2.21. The predicted molar refractivity (Wildman–Crippen MR) is 47.6 cm³/mol. The molecule has 0 aliphatic heterocycles. The first-order chi connectivity index (χ1) is 6.83. The molecule has 0 atom stereocenters. The van der Waals surface area contributed by atoms with Crippen LogP contribution in [0.15, 0.2) is 6.20 Å². The van der Waals surface area contributed by atoms with Crippen LogP contribution in [-0.2, 0) is 6.18 Å². The highest BCUT2D eigenvalue weighted by molar-refractivity contribution is 7.13. The van der Waals surface area contributed by atoms with Crippen LogP contribution in [0.2, 0.25) is 0 Å². The third-order valence-corrected chi connectivity index (χ3v) is 3.25. The van der Waals surface area contributed by atoms with Crippen molar-refractivity contribution in [1.82, 2.24) is 4.98 Å². The van der Waals surface area contributed by atoms with Crippen LogP contribution in [0.5, 0.6) is 0 Å². The SMILES string of the molecule is NC1(C(=O)c2cnc(C(F)(F)F)s2)CC1. The topological polar surface area (TPSA) is 56.0 Å². The van der Waals surface area contributed by atoms with Crippen molar-refractivity contribution in [2.75, 3.05) is 0 Å². The van der Waals surface area contributed by atoms with Gasteiger partial charge in [0.15, 0.2) is 10.8 Å². The fraction of sp³-hybridized carbons (Fsp3) is 0.500. The third kappa shape index (κ3) is 1.89. The number of hydrogen-bond acceptors (Lipinski definition) is 4. The number of nitrogens with two attached hydrogens (primary N) is 1. The van der Waals surface area contributed by atoms with E-state index in [1.165, 1.54) is 0 Å². The summed E-state index contributed by atoms with van der Waals surface area (Å²) in [5.74, 6) is -0.435. The molecule has 1 fully saturated rings. The normalized spacial score (nSPS) is 18.9. The second kappa shape index (κ2) is 3.02. The molecule has 1 saturated carbocycles. The molecule has 0 saturated heterocycles. The second-order valence-corrected chi connectivity index (χ2v) is 4.54. The first-order valence-corrected chi connectivity index (χ1v) is 5.01. The quantitative estimate of drug-likeness (QED) is 0.797. The minimum atomic E-state index is -4.49. The average Bonchev–Trinajstić information content (AvgIpc) is 2.68. The van der Waals surface area contributed by atoms with Crippen LogP contribution < -0.4 is 5.73 Å². The van der Waals surface area contributed by atoms with Crippen molar-refractivity contribution in [2.24, 2.45) is 5.73 Å². The van der Waals surface area contributed by atoms with Crippen molar-refractivity contribution in [1.29, 1.82) is 0 Å². The molecule has 0 unspecified atom stereocenters. The van der Waals surface area contributed by atoms with Gasteiger partial charge in [0.25, 0.3) is 0 Å². The number of halogens is 3. The Morgan fingerprint density at radius 2 is 2.13 bits per heavy atom. The zero-order valence-corrected chi connectivity index (χ0v) is 8.28. The highest BCUT2D eigenvalue weighted by Crippen LogP contribution is 2.39. The van der Waals surface area contributed by atoms with Crippen LogP contribution >= 0.6 is 11.3 Å². The smallest absolute Gasteiger partial charge is 0.319 e. The van der Waals surface area contributed by atoms with Gasteiger partial charge in [-0.2, -0.15) is 13.2 Å². The molecular weight excluding hydrogens is 229 g/mol. The molecule has 0 amide bonds. The lowest BCUT2D eigenvalue weighted by Crippen LogP contribution is -2.32. The van der Waals surface area contributed by atoms with Gasteiger partial charge < -0.3 is 5.73 Å². The van der Waals surface area contributed by atoms with E-state index in [-0.39, 0.29) is 4.88 Å². The number of carbonyl (C=O) groups excluding carboxylic acids is 1. The van der Waals surface area contributed by atoms with Gasteiger partial charge in [-0.15, -0.1) is 11.3 Å². The number of carbonyl (C=O) groups is 1. The summed E-state index contributed by atoms with van der Waals surface area (Å²) in [6.07, 6.45) is -2.48. The van der Waals surface area contributed by atoms with E-state index in [1.807, 2.05) is 0 Å². The minimum Gasteiger partial charge on any atom is -0.319 e. The van der Waals surface area contributed by atoms with Crippen molar-refractivity contribution in [3.8, 4) is 0 Å². The van der Waals surface area contributed by atoms with E-state index in [9.17, 15) is 18.0 Å². The molecule has 82 valence electrons. The summed E-state index contributed by atoms with van der Waals surface area (Å²) in [5.41, 5.74) is 4.65. The van der Waals surface area contributed by atoms with Crippen molar-refractivity contribution in [2.45, 2.75) is 24.6 Å². The number of ketones is 1. The zero-order valence-electron chi connectivity index (χ0n) is 7.47. The lowest BCUT2D eigenvalue weighted by Gasteiger charge is -2.03. The predicted octanol–water partition coefficient (Wildman–Crippen LogP) is 1.84. The summed E-state index contributed by atoms with van der Waals surface area (Å²) in [6.45, 7) is 0. The van der Waals surface area contributed by atoms with Crippen LogP contribution in [0, 0.1) is 0 Å². The summed E-state index contributed by atoms with van der Waals surface area (Å²) in [5, 5.41) is -1.00. The van der Waals surface area contributed by atoms with Gasteiger partial charge in [0.1, 0.15) is 0 Å². The Labute approximate surface area is 87.1 Å². The highest BCUT2D eigenvalue weighted by Gasteiger charge is 2.47. The highest BCUT2D eigenvalue weighted by atomic mass is 32.1. The molecule has 2 rings (SSSR count). The molecule has 2 N–H and O–H groups in total. The minimum absolute atomic E-state index is 0.0117. The van der Waals surface area contributed by atoms with Gasteiger partial charge in [-0.25, -0.2) is 4.98 Å². The Kier molecular flexibility index (Phi) is 2.13. The molecule has 7 heteroatoms. The molecule has 0 spiro atoms. The molecule has 0 aromatic carbocycles. The fourth-order valence-electron chi connectivity index (χ4n) is 1.12. The van der Waals surface area contributed by atoms with E-state index in [0.717, 1.165) is 6.20 Å². The van der Waals surface area contributed by atoms with Gasteiger partial charge >= 0.3 is 6.18 Å². The monoisotopic (exact) mass is 236 g/mol. The number of nitrogens with zero attached hydrogens (tertiary/aromatic N) is 1. The van der Waals surface area contributed by atoms with E-state index in [2.05, 4.69) is 4.98 Å². The maximum Gasteiger partial charge on any atom is 0.443 e. The van der Waals surface area contributed by atoms with Crippen LogP contribution in [0.25, 0.3) is 0 Å². The van der Waals surface area contributed by atoms with Gasteiger partial charge in [0.05, 0.1) is 10.4 Å². The molecule has 15 heavy (non-hydrogen) atoms. The van der Waals surface area contributed by atoms with Gasteiger partial charge in [-0.05, 0) is 12.8 Å². The van der Waals surface area contributed by atoms with Crippen molar-refractivity contribution in [3.05, 3.63) is 16.1 Å². The number of aromatic nitrogens is 1. The van der Waals surface area contributed by atoms with Gasteiger partial charge in [0.2, 0.25) is 0 Å². The van der Waals surface area contributed by atoms with Gasteiger partial charge in [0, 0.05) is 6.20 Å². The average molecular weight is 236 g/mol. The number of Topliss-reactive ketones (excluding diaryl/α,β-unsaturated/α-hetero) is 1. The number of rotatable bonds is 2. The molecule has 1 aromatic rings. The Morgan fingerprint density at radius 3 is 2.53 bits per heavy atom. The van der Waals surface area contributed by atoms with Gasteiger partial charge in [-0.3, -0.25) is 4.79 Å². The molecular formula is C8H7F3N2OS. The number of hydrogen-bond donors (Lipinski definition) is 1. The van der Waals surface area contributed by atoms with E-state index < -0.39 is 22.5 Å². The second-order valence-electron chi connectivity index (χ2n) is 3.51. The summed E-state index contributed by atoms with van der Waals surface area (Å²) >= 11 is 0.349. The summed E-state index contributed by atoms with van der Waals surface area (Å²) < 4.78 is 36.5. The van der Waals surface area contributed by atoms with E-state index in [4.69, 9.17) is 5.73 Å². The largest absolute Gasteiger partial charge is 0.443 e. The van der Waals surface area contributed by atoms with Crippen molar-refractivity contribution in [3.63, 3.8) is 0 Å². The summed E-state index contributed by atoms with van der Waals surface area (Å²) in [4.78, 5) is 14.7. The van der Waals surface area contributed by atoms with Crippen molar-refractivity contribution >= 4 is 17.1 Å². The lowest BCUT2D eigenvalue weighted by atomic mass is 10.1. The summed E-state index contributed by atoms with van der Waals surface area (Å²) in [7, 11) is 0. The van der Waals surface area contributed by atoms with Crippen LogP contribution in [-0.4, -0.2) is 16.3 Å². The fourth-order valence-corrected chi connectivity index (χ4v) is 1.95. The standard InChI is InChI=1S/C8H7F3N2OS/c9-8(10,11)6-13-3-4(15-6)5(14)7(12)1-2-7/h3H,1-2,12H2. The van der Waals surface area contributed by atoms with Crippen LogP contribution in [0.1, 0.15) is 27.5 Å². The lowest BCUT2D eigenvalue weighted by molar-refractivity contribution is -0.137. The summed E-state index contributed by atoms with van der Waals surface area (Å²) in [6, 6.07) is 0. The van der Waals surface area contributed by atoms with E-state index in [1.54, 1.807) is 0 Å². The first-order valence-electron chi connectivity index (χ1n) is 4.20. The zero-order chi connectivity index (χ0) is 11.3. The van der Waals surface area contributed by atoms with Gasteiger partial charge in [-0.1, -0.05) is 0 Å². The Hall–Kier alpha value is -0.950. The number of thiazole rings is 1. The number of alkyl halides is 3. The molecule has 1 aliphatic rings. The Bertz CT molecular complexity index is 408. The first kappa shape index (κ1) is 10.6. The Balaban J connectivity index is 2.24. The molecule has 0 bridgehead atoms. The van der Waals surface area contributed by atoms with Crippen LogP contribution in [0.4, 0.5) is 13.2 Å². The van der Waals surface area contributed by atoms with Crippen molar-refractivity contribution < 1.29 is 18.0 Å². The van der Waals surface area contributed by atoms with Crippen LogP contribution in [0.3, 0.4) is 0 Å². The molecule has 0 radical (unpaired) electrons. The molecule has 1 heterocycles. The van der Waals surface area contributed by atoms with E-state index in [0.29, 0.717) is 24.2 Å². The molecule has 3 nitrogen and oxygen atoms in total. The van der Waals surface area contributed by atoms with E-state index >= 15 is 0 Å².